The Hall–Kier alpha value is -1.55. The van der Waals surface area contributed by atoms with E-state index in [2.05, 4.69) is 0 Å². The highest BCUT2D eigenvalue weighted by Gasteiger charge is 2.32. The molecule has 2 N–H and O–H groups in total. The van der Waals surface area contributed by atoms with Gasteiger partial charge in [-0.2, -0.15) is 0 Å². The molecule has 0 aromatic heterocycles. The van der Waals surface area contributed by atoms with E-state index in [1.54, 1.807) is 0 Å². The Balaban J connectivity index is 2.16. The van der Waals surface area contributed by atoms with E-state index in [1.807, 2.05) is 30.3 Å². The SMILES string of the molecule is O=C(O)N1CCCCC1C(O)c1ccccc1. The fourth-order valence-electron chi connectivity index (χ4n) is 2.40. The number of likely N-dealkylation sites (tertiary alicyclic amines) is 1. The van der Waals surface area contributed by atoms with Crippen molar-refractivity contribution in [1.82, 2.24) is 4.90 Å². The van der Waals surface area contributed by atoms with Gasteiger partial charge in [0, 0.05) is 6.54 Å². The molecule has 2 unspecified atom stereocenters. The van der Waals surface area contributed by atoms with E-state index in [-0.39, 0.29) is 6.04 Å². The molecule has 2 rings (SSSR count). The summed E-state index contributed by atoms with van der Waals surface area (Å²) in [7, 11) is 0. The summed E-state index contributed by atoms with van der Waals surface area (Å²) in [5, 5.41) is 19.4. The van der Waals surface area contributed by atoms with Crippen LogP contribution in [0, 0.1) is 0 Å². The molecule has 1 aromatic carbocycles. The third kappa shape index (κ3) is 2.58. The highest BCUT2D eigenvalue weighted by atomic mass is 16.4. The largest absolute Gasteiger partial charge is 0.465 e. The second kappa shape index (κ2) is 5.19. The number of amides is 1. The van der Waals surface area contributed by atoms with Gasteiger partial charge in [-0.3, -0.25) is 0 Å². The zero-order valence-electron chi connectivity index (χ0n) is 9.62. The van der Waals surface area contributed by atoms with Crippen LogP contribution in [0.25, 0.3) is 0 Å². The fraction of sp³-hybridized carbons (Fsp3) is 0.462. The summed E-state index contributed by atoms with van der Waals surface area (Å²) in [5.41, 5.74) is 0.783. The first-order valence-electron chi connectivity index (χ1n) is 5.92. The van der Waals surface area contributed by atoms with Crippen molar-refractivity contribution in [3.8, 4) is 0 Å². The minimum absolute atomic E-state index is 0.316. The van der Waals surface area contributed by atoms with E-state index >= 15 is 0 Å². The molecule has 4 nitrogen and oxygen atoms in total. The number of carboxylic acid groups (broad SMARTS) is 1. The van der Waals surface area contributed by atoms with Gasteiger partial charge in [-0.25, -0.2) is 4.79 Å². The van der Waals surface area contributed by atoms with Crippen LogP contribution in [0.2, 0.25) is 0 Å². The zero-order chi connectivity index (χ0) is 12.3. The van der Waals surface area contributed by atoms with Gasteiger partial charge in [0.2, 0.25) is 0 Å². The smallest absolute Gasteiger partial charge is 0.407 e. The summed E-state index contributed by atoms with van der Waals surface area (Å²) in [6.07, 6.45) is 0.905. The Kier molecular flexibility index (Phi) is 3.64. The summed E-state index contributed by atoms with van der Waals surface area (Å²) in [5.74, 6) is 0. The van der Waals surface area contributed by atoms with Crippen LogP contribution in [0.3, 0.4) is 0 Å². The predicted octanol–water partition coefficient (Wildman–Crippen LogP) is 2.25. The number of nitrogens with zero attached hydrogens (tertiary/aromatic N) is 1. The van der Waals surface area contributed by atoms with E-state index < -0.39 is 12.2 Å². The van der Waals surface area contributed by atoms with Crippen LogP contribution in [0.1, 0.15) is 30.9 Å². The molecule has 1 amide bonds. The Labute approximate surface area is 100 Å². The average molecular weight is 235 g/mol. The van der Waals surface area contributed by atoms with Crippen molar-refractivity contribution in [3.05, 3.63) is 35.9 Å². The van der Waals surface area contributed by atoms with E-state index in [0.29, 0.717) is 6.54 Å². The van der Waals surface area contributed by atoms with Gasteiger partial charge in [0.1, 0.15) is 0 Å². The van der Waals surface area contributed by atoms with Crippen LogP contribution >= 0.6 is 0 Å². The Morgan fingerprint density at radius 3 is 2.65 bits per heavy atom. The maximum atomic E-state index is 11.1. The average Bonchev–Trinajstić information content (AvgIpc) is 2.39. The number of benzene rings is 1. The van der Waals surface area contributed by atoms with Gasteiger partial charge in [0.05, 0.1) is 12.1 Å². The molecule has 1 heterocycles. The zero-order valence-corrected chi connectivity index (χ0v) is 9.62. The van der Waals surface area contributed by atoms with Gasteiger partial charge < -0.3 is 15.1 Å². The predicted molar refractivity (Wildman–Crippen MR) is 63.8 cm³/mol. The van der Waals surface area contributed by atoms with Crippen molar-refractivity contribution in [3.63, 3.8) is 0 Å². The van der Waals surface area contributed by atoms with Crippen LogP contribution < -0.4 is 0 Å². The Bertz CT molecular complexity index is 380. The molecule has 4 heteroatoms. The second-order valence-electron chi connectivity index (χ2n) is 4.39. The molecule has 1 saturated heterocycles. The van der Waals surface area contributed by atoms with E-state index in [1.165, 1.54) is 4.90 Å². The number of aliphatic hydroxyl groups excluding tert-OH is 1. The molecule has 0 radical (unpaired) electrons. The van der Waals surface area contributed by atoms with Crippen LogP contribution in [-0.2, 0) is 0 Å². The Morgan fingerprint density at radius 2 is 2.00 bits per heavy atom. The highest BCUT2D eigenvalue weighted by Crippen LogP contribution is 2.28. The molecule has 17 heavy (non-hydrogen) atoms. The summed E-state index contributed by atoms with van der Waals surface area (Å²) in [6.45, 7) is 0.518. The monoisotopic (exact) mass is 235 g/mol. The Morgan fingerprint density at radius 1 is 1.29 bits per heavy atom. The molecule has 2 atom stereocenters. The lowest BCUT2D eigenvalue weighted by molar-refractivity contribution is 0.0286. The van der Waals surface area contributed by atoms with E-state index in [4.69, 9.17) is 5.11 Å². The first-order valence-corrected chi connectivity index (χ1v) is 5.92. The maximum Gasteiger partial charge on any atom is 0.407 e. The minimum Gasteiger partial charge on any atom is -0.465 e. The van der Waals surface area contributed by atoms with Crippen molar-refractivity contribution in [1.29, 1.82) is 0 Å². The topological polar surface area (TPSA) is 60.8 Å². The lowest BCUT2D eigenvalue weighted by Crippen LogP contribution is -2.46. The highest BCUT2D eigenvalue weighted by molar-refractivity contribution is 5.65. The van der Waals surface area contributed by atoms with Crippen molar-refractivity contribution >= 4 is 6.09 Å². The molecule has 0 spiro atoms. The summed E-state index contributed by atoms with van der Waals surface area (Å²) in [4.78, 5) is 12.5. The number of rotatable bonds is 2. The van der Waals surface area contributed by atoms with Crippen LogP contribution in [0.4, 0.5) is 4.79 Å². The number of piperidine rings is 1. The molecular formula is C13H17NO3. The third-order valence-corrected chi connectivity index (χ3v) is 3.30. The van der Waals surface area contributed by atoms with Gasteiger partial charge in [-0.05, 0) is 24.8 Å². The van der Waals surface area contributed by atoms with Crippen LogP contribution in [-0.4, -0.2) is 33.8 Å². The van der Waals surface area contributed by atoms with Crippen LogP contribution in [0.5, 0.6) is 0 Å². The summed E-state index contributed by atoms with van der Waals surface area (Å²) < 4.78 is 0. The summed E-state index contributed by atoms with van der Waals surface area (Å²) >= 11 is 0. The van der Waals surface area contributed by atoms with Gasteiger partial charge in [-0.15, -0.1) is 0 Å². The maximum absolute atomic E-state index is 11.1. The first kappa shape index (κ1) is 11.9. The lowest BCUT2D eigenvalue weighted by atomic mass is 9.93. The van der Waals surface area contributed by atoms with Gasteiger partial charge in [0.15, 0.2) is 0 Å². The molecule has 0 aliphatic carbocycles. The van der Waals surface area contributed by atoms with Crippen LogP contribution in [0.15, 0.2) is 30.3 Å². The standard InChI is InChI=1S/C13H17NO3/c15-12(10-6-2-1-3-7-10)11-8-4-5-9-14(11)13(16)17/h1-3,6-7,11-12,15H,4-5,8-9H2,(H,16,17). The first-order chi connectivity index (χ1) is 8.20. The number of hydrogen-bond acceptors (Lipinski definition) is 2. The second-order valence-corrected chi connectivity index (χ2v) is 4.39. The number of aliphatic hydroxyl groups is 1. The number of carbonyl (C=O) groups is 1. The van der Waals surface area contributed by atoms with Gasteiger partial charge in [0.25, 0.3) is 0 Å². The minimum atomic E-state index is -0.940. The third-order valence-electron chi connectivity index (χ3n) is 3.30. The van der Waals surface area contributed by atoms with Crippen molar-refractivity contribution in [2.24, 2.45) is 0 Å². The molecule has 1 fully saturated rings. The molecular weight excluding hydrogens is 218 g/mol. The lowest BCUT2D eigenvalue weighted by Gasteiger charge is -2.36. The van der Waals surface area contributed by atoms with Gasteiger partial charge >= 0.3 is 6.09 Å². The quantitative estimate of drug-likeness (QED) is 0.826. The molecule has 1 aromatic rings. The molecule has 92 valence electrons. The normalized spacial score (nSPS) is 22.2. The fourth-order valence-corrected chi connectivity index (χ4v) is 2.40. The molecule has 0 saturated carbocycles. The van der Waals surface area contributed by atoms with Gasteiger partial charge in [-0.1, -0.05) is 30.3 Å². The number of hydrogen-bond donors (Lipinski definition) is 2. The molecule has 0 bridgehead atoms. The molecule has 1 aliphatic heterocycles. The van der Waals surface area contributed by atoms with Crippen molar-refractivity contribution in [2.45, 2.75) is 31.4 Å². The van der Waals surface area contributed by atoms with E-state index in [9.17, 15) is 9.90 Å². The molecule has 1 aliphatic rings. The van der Waals surface area contributed by atoms with Crippen molar-refractivity contribution < 1.29 is 15.0 Å². The van der Waals surface area contributed by atoms with Crippen molar-refractivity contribution in [2.75, 3.05) is 6.54 Å². The summed E-state index contributed by atoms with van der Waals surface area (Å²) in [6, 6.07) is 8.94. The van der Waals surface area contributed by atoms with E-state index in [0.717, 1.165) is 24.8 Å².